The van der Waals surface area contributed by atoms with Crippen molar-refractivity contribution in [1.82, 2.24) is 14.8 Å². The van der Waals surface area contributed by atoms with Crippen molar-refractivity contribution in [3.63, 3.8) is 0 Å². The number of nitrogens with zero attached hydrogens (tertiary/aromatic N) is 4. The van der Waals surface area contributed by atoms with Crippen molar-refractivity contribution in [3.8, 4) is 17.1 Å². The molecule has 1 heterocycles. The first-order chi connectivity index (χ1) is 15.2. The van der Waals surface area contributed by atoms with E-state index in [-0.39, 0.29) is 18.4 Å². The van der Waals surface area contributed by atoms with Crippen LogP contribution in [-0.2, 0) is 13.2 Å². The van der Waals surface area contributed by atoms with E-state index < -0.39 is 11.7 Å². The van der Waals surface area contributed by atoms with Crippen molar-refractivity contribution in [2.45, 2.75) is 38.9 Å². The van der Waals surface area contributed by atoms with Crippen LogP contribution in [0.4, 0.5) is 19.1 Å². The highest BCUT2D eigenvalue weighted by Gasteiger charge is 2.31. The molecule has 2 aromatic carbocycles. The lowest BCUT2D eigenvalue weighted by atomic mass is 10.0. The number of hydrogen-bond donors (Lipinski definition) is 0. The Morgan fingerprint density at radius 2 is 1.79 bits per heavy atom. The maximum atomic E-state index is 13.0. The molecule has 0 aliphatic heterocycles. The summed E-state index contributed by atoms with van der Waals surface area (Å²) in [5.41, 5.74) is 0.871. The van der Waals surface area contributed by atoms with Gasteiger partial charge >= 0.3 is 6.18 Å². The van der Waals surface area contributed by atoms with Crippen molar-refractivity contribution in [2.75, 3.05) is 18.6 Å². The first-order valence-corrected chi connectivity index (χ1v) is 10.8. The number of benzene rings is 2. The molecule has 0 fully saturated rings. The number of anilines is 1. The van der Waals surface area contributed by atoms with Crippen LogP contribution < -0.4 is 9.64 Å². The number of hydrogen-bond acceptors (Lipinski definition) is 4. The summed E-state index contributed by atoms with van der Waals surface area (Å²) in [7, 11) is 3.36. The average molecular weight is 503 g/mol. The van der Waals surface area contributed by atoms with Gasteiger partial charge in [-0.25, -0.2) is 4.68 Å². The summed E-state index contributed by atoms with van der Waals surface area (Å²) in [5.74, 6) is 1.70. The topological polar surface area (TPSA) is 43.2 Å². The van der Waals surface area contributed by atoms with Gasteiger partial charge < -0.3 is 9.64 Å². The molecular formula is C23H27Cl2F3N4O. The van der Waals surface area contributed by atoms with Crippen molar-refractivity contribution < 1.29 is 17.9 Å². The average Bonchev–Trinajstić information content (AvgIpc) is 3.14. The fourth-order valence-electron chi connectivity index (χ4n) is 3.74. The molecule has 0 radical (unpaired) electrons. The number of ether oxygens (including phenoxy) is 1. The Morgan fingerprint density at radius 3 is 2.33 bits per heavy atom. The first kappa shape index (κ1) is 26.8. The third-order valence-electron chi connectivity index (χ3n) is 5.26. The number of methoxy groups -OCH3 is 1. The predicted octanol–water partition coefficient (Wildman–Crippen LogP) is 6.95. The standard InChI is InChI=1S/C23H26ClF3N4O.ClH/c1-5-13-31(19(6-2)15-7-9-16(10-8-15)23(25,26)27)22-28-21(30(3)29-22)18-12-11-17(24)14-20(18)32-4;/h7-12,14,19H,5-6,13H2,1-4H3;1H/t19-;/m1./s1. The molecule has 0 amide bonds. The second-order valence-electron chi connectivity index (χ2n) is 7.44. The van der Waals surface area contributed by atoms with Crippen molar-refractivity contribution in [1.29, 1.82) is 0 Å². The Bertz CT molecular complexity index is 1050. The summed E-state index contributed by atoms with van der Waals surface area (Å²) < 4.78 is 46.1. The predicted molar refractivity (Wildman–Crippen MR) is 127 cm³/mol. The van der Waals surface area contributed by atoms with Crippen LogP contribution in [0.3, 0.4) is 0 Å². The maximum Gasteiger partial charge on any atom is 0.416 e. The van der Waals surface area contributed by atoms with Crippen LogP contribution in [0.1, 0.15) is 43.9 Å². The van der Waals surface area contributed by atoms with Gasteiger partial charge in [-0.2, -0.15) is 18.2 Å². The molecule has 33 heavy (non-hydrogen) atoms. The summed E-state index contributed by atoms with van der Waals surface area (Å²) in [6.45, 7) is 4.69. The molecule has 0 N–H and O–H groups in total. The van der Waals surface area contributed by atoms with Gasteiger partial charge in [0, 0.05) is 18.6 Å². The first-order valence-electron chi connectivity index (χ1n) is 10.4. The molecule has 1 aromatic heterocycles. The number of halogens is 5. The van der Waals surface area contributed by atoms with Gasteiger partial charge in [0.2, 0.25) is 5.95 Å². The normalized spacial score (nSPS) is 12.2. The Labute approximate surface area is 202 Å². The van der Waals surface area contributed by atoms with Crippen LogP contribution >= 0.6 is 24.0 Å². The summed E-state index contributed by atoms with van der Waals surface area (Å²) in [6, 6.07) is 10.4. The highest BCUT2D eigenvalue weighted by molar-refractivity contribution is 6.30. The maximum absolute atomic E-state index is 13.0. The van der Waals surface area contributed by atoms with Crippen molar-refractivity contribution >= 4 is 30.0 Å². The largest absolute Gasteiger partial charge is 0.496 e. The van der Waals surface area contributed by atoms with Crippen LogP contribution in [0.15, 0.2) is 42.5 Å². The molecule has 0 spiro atoms. The van der Waals surface area contributed by atoms with E-state index >= 15 is 0 Å². The Balaban J connectivity index is 0.00000385. The molecule has 1 atom stereocenters. The molecule has 180 valence electrons. The molecule has 0 aliphatic carbocycles. The number of aryl methyl sites for hydroxylation is 1. The molecule has 10 heteroatoms. The molecule has 3 rings (SSSR count). The second kappa shape index (κ2) is 11.1. The quantitative estimate of drug-likeness (QED) is 0.334. The molecule has 0 bridgehead atoms. The van der Waals surface area contributed by atoms with Crippen LogP contribution in [0, 0.1) is 0 Å². The molecule has 3 aromatic rings. The van der Waals surface area contributed by atoms with E-state index in [9.17, 15) is 13.2 Å². The number of aromatic nitrogens is 3. The number of alkyl halides is 3. The van der Waals surface area contributed by atoms with E-state index in [4.69, 9.17) is 21.3 Å². The lowest BCUT2D eigenvalue weighted by Crippen LogP contribution is -2.30. The zero-order chi connectivity index (χ0) is 23.5. The smallest absolute Gasteiger partial charge is 0.416 e. The van der Waals surface area contributed by atoms with Crippen LogP contribution in [0.25, 0.3) is 11.4 Å². The van der Waals surface area contributed by atoms with Gasteiger partial charge in [0.15, 0.2) is 5.82 Å². The minimum absolute atomic E-state index is 0. The van der Waals surface area contributed by atoms with Gasteiger partial charge in [-0.3, -0.25) is 0 Å². The monoisotopic (exact) mass is 502 g/mol. The fourth-order valence-corrected chi connectivity index (χ4v) is 3.91. The SMILES string of the molecule is CCCN(c1nc(-c2ccc(Cl)cc2OC)n(C)n1)[C@H](CC)c1ccc(C(F)(F)F)cc1.Cl. The van der Waals surface area contributed by atoms with E-state index in [1.165, 1.54) is 12.1 Å². The van der Waals surface area contributed by atoms with Gasteiger partial charge in [-0.1, -0.05) is 37.6 Å². The van der Waals surface area contributed by atoms with Crippen LogP contribution in [0.5, 0.6) is 5.75 Å². The van der Waals surface area contributed by atoms with E-state index in [1.807, 2.05) is 24.8 Å². The minimum Gasteiger partial charge on any atom is -0.496 e. The molecular weight excluding hydrogens is 476 g/mol. The molecule has 0 saturated heterocycles. The van der Waals surface area contributed by atoms with Gasteiger partial charge in [0.25, 0.3) is 0 Å². The van der Waals surface area contributed by atoms with Crippen LogP contribution in [0.2, 0.25) is 5.02 Å². The van der Waals surface area contributed by atoms with E-state index in [2.05, 4.69) is 5.10 Å². The second-order valence-corrected chi connectivity index (χ2v) is 7.88. The highest BCUT2D eigenvalue weighted by Crippen LogP contribution is 2.35. The molecule has 0 aliphatic rings. The van der Waals surface area contributed by atoms with Gasteiger partial charge in [-0.05, 0) is 48.7 Å². The summed E-state index contributed by atoms with van der Waals surface area (Å²) in [6.07, 6.45) is -2.85. The third kappa shape index (κ3) is 5.92. The van der Waals surface area contributed by atoms with E-state index in [0.717, 1.165) is 29.7 Å². The van der Waals surface area contributed by atoms with Crippen molar-refractivity contribution in [2.24, 2.45) is 7.05 Å². The Hall–Kier alpha value is -2.45. The van der Waals surface area contributed by atoms with Gasteiger partial charge in [-0.15, -0.1) is 17.5 Å². The lowest BCUT2D eigenvalue weighted by Gasteiger charge is -2.30. The molecule has 0 unspecified atom stereocenters. The molecule has 0 saturated carbocycles. The van der Waals surface area contributed by atoms with E-state index in [0.29, 0.717) is 35.5 Å². The van der Waals surface area contributed by atoms with E-state index in [1.54, 1.807) is 31.0 Å². The fraction of sp³-hybridized carbons (Fsp3) is 0.391. The van der Waals surface area contributed by atoms with Crippen molar-refractivity contribution in [3.05, 3.63) is 58.6 Å². The zero-order valence-electron chi connectivity index (χ0n) is 18.9. The summed E-state index contributed by atoms with van der Waals surface area (Å²) >= 11 is 6.09. The molecule has 5 nitrogen and oxygen atoms in total. The highest BCUT2D eigenvalue weighted by atomic mass is 35.5. The summed E-state index contributed by atoms with van der Waals surface area (Å²) in [4.78, 5) is 6.80. The zero-order valence-corrected chi connectivity index (χ0v) is 20.4. The van der Waals surface area contributed by atoms with Gasteiger partial charge in [0.1, 0.15) is 5.75 Å². The third-order valence-corrected chi connectivity index (χ3v) is 5.50. The Morgan fingerprint density at radius 1 is 1.12 bits per heavy atom. The number of rotatable bonds is 8. The minimum atomic E-state index is -4.36. The Kier molecular flexibility index (Phi) is 9.03. The van der Waals surface area contributed by atoms with Crippen LogP contribution in [-0.4, -0.2) is 28.4 Å². The summed E-state index contributed by atoms with van der Waals surface area (Å²) in [5, 5.41) is 5.17. The lowest BCUT2D eigenvalue weighted by molar-refractivity contribution is -0.137. The van der Waals surface area contributed by atoms with Gasteiger partial charge in [0.05, 0.1) is 24.3 Å².